The van der Waals surface area contributed by atoms with Crippen LogP contribution in [0.4, 0.5) is 5.13 Å². The van der Waals surface area contributed by atoms with E-state index in [9.17, 15) is 13.2 Å². The number of halogens is 1. The summed E-state index contributed by atoms with van der Waals surface area (Å²) in [6.45, 7) is 4.17. The van der Waals surface area contributed by atoms with Gasteiger partial charge in [-0.3, -0.25) is 14.6 Å². The van der Waals surface area contributed by atoms with Crippen LogP contribution < -0.4 is 4.90 Å². The van der Waals surface area contributed by atoms with Gasteiger partial charge in [-0.2, -0.15) is 0 Å². The molecular weight excluding hydrogens is 470 g/mol. The summed E-state index contributed by atoms with van der Waals surface area (Å²) in [7, 11) is -3.52. The van der Waals surface area contributed by atoms with Gasteiger partial charge in [0, 0.05) is 32.6 Å². The topological polar surface area (TPSA) is 79.8 Å². The van der Waals surface area contributed by atoms with Gasteiger partial charge in [0.05, 0.1) is 34.1 Å². The molecule has 3 aromatic rings. The molecule has 1 aromatic heterocycles. The van der Waals surface area contributed by atoms with Crippen molar-refractivity contribution in [2.45, 2.75) is 11.3 Å². The van der Waals surface area contributed by atoms with Crippen molar-refractivity contribution >= 4 is 54.8 Å². The second-order valence-corrected chi connectivity index (χ2v) is 10.5. The SMILES string of the molecule is Cl.O=C(CCS(=O)(=O)c1ccccc1)N(CCN1CCOCC1)c1nc2ccccc2s1. The summed E-state index contributed by atoms with van der Waals surface area (Å²) >= 11 is 1.45. The van der Waals surface area contributed by atoms with Crippen molar-refractivity contribution < 1.29 is 17.9 Å². The zero-order valence-corrected chi connectivity index (χ0v) is 20.0. The summed E-state index contributed by atoms with van der Waals surface area (Å²) in [6.07, 6.45) is -0.0870. The van der Waals surface area contributed by atoms with Crippen LogP contribution in [0, 0.1) is 0 Å². The van der Waals surface area contributed by atoms with Crippen LogP contribution in [-0.2, 0) is 19.4 Å². The molecule has 32 heavy (non-hydrogen) atoms. The summed E-state index contributed by atoms with van der Waals surface area (Å²) in [4.78, 5) is 21.9. The second kappa shape index (κ2) is 11.2. The van der Waals surface area contributed by atoms with E-state index in [2.05, 4.69) is 9.88 Å². The average molecular weight is 496 g/mol. The molecule has 0 N–H and O–H groups in total. The van der Waals surface area contributed by atoms with E-state index in [1.54, 1.807) is 35.2 Å². The van der Waals surface area contributed by atoms with E-state index in [0.29, 0.717) is 31.4 Å². The molecule has 1 amide bonds. The molecule has 1 aliphatic heterocycles. The molecular formula is C22H26ClN3O4S2. The lowest BCUT2D eigenvalue weighted by atomic mass is 10.3. The van der Waals surface area contributed by atoms with Crippen LogP contribution in [-0.4, -0.2) is 69.4 Å². The van der Waals surface area contributed by atoms with Crippen molar-refractivity contribution in [1.82, 2.24) is 9.88 Å². The van der Waals surface area contributed by atoms with Gasteiger partial charge in [0.2, 0.25) is 5.91 Å². The van der Waals surface area contributed by atoms with E-state index >= 15 is 0 Å². The number of hydrogen-bond acceptors (Lipinski definition) is 7. The fourth-order valence-corrected chi connectivity index (χ4v) is 5.73. The number of carbonyl (C=O) groups is 1. The molecule has 0 bridgehead atoms. The van der Waals surface area contributed by atoms with Crippen LogP contribution >= 0.6 is 23.7 Å². The lowest BCUT2D eigenvalue weighted by Gasteiger charge is -2.29. The first-order valence-corrected chi connectivity index (χ1v) is 12.7. The van der Waals surface area contributed by atoms with Gasteiger partial charge < -0.3 is 4.74 Å². The maximum atomic E-state index is 13.2. The Labute approximate surface area is 198 Å². The van der Waals surface area contributed by atoms with Crippen LogP contribution in [0.25, 0.3) is 10.2 Å². The number of rotatable bonds is 8. The van der Waals surface area contributed by atoms with Crippen molar-refractivity contribution in [2.24, 2.45) is 0 Å². The minimum absolute atomic E-state index is 0. The number of fused-ring (bicyclic) bond motifs is 1. The van der Waals surface area contributed by atoms with Gasteiger partial charge in [0.1, 0.15) is 0 Å². The second-order valence-electron chi connectivity index (χ2n) is 7.35. The maximum Gasteiger partial charge on any atom is 0.229 e. The van der Waals surface area contributed by atoms with E-state index in [-0.39, 0.29) is 35.4 Å². The van der Waals surface area contributed by atoms with E-state index in [0.717, 1.165) is 23.3 Å². The molecule has 7 nitrogen and oxygen atoms in total. The minimum atomic E-state index is -3.52. The third-order valence-corrected chi connectivity index (χ3v) is 8.04. The maximum absolute atomic E-state index is 13.2. The van der Waals surface area contributed by atoms with Gasteiger partial charge in [0.15, 0.2) is 15.0 Å². The van der Waals surface area contributed by atoms with Crippen LogP contribution in [0.15, 0.2) is 59.5 Å². The van der Waals surface area contributed by atoms with Crippen molar-refractivity contribution in [3.05, 3.63) is 54.6 Å². The number of morpholine rings is 1. The number of sulfone groups is 1. The Morgan fingerprint density at radius 3 is 2.47 bits per heavy atom. The largest absolute Gasteiger partial charge is 0.379 e. The third kappa shape index (κ3) is 6.05. The number of nitrogens with zero attached hydrogens (tertiary/aromatic N) is 3. The van der Waals surface area contributed by atoms with Gasteiger partial charge >= 0.3 is 0 Å². The number of carbonyl (C=O) groups excluding carboxylic acids is 1. The number of para-hydroxylation sites is 1. The fraction of sp³-hybridized carbons (Fsp3) is 0.364. The summed E-state index contributed by atoms with van der Waals surface area (Å²) in [5, 5.41) is 0.608. The number of anilines is 1. The lowest BCUT2D eigenvalue weighted by Crippen LogP contribution is -2.43. The summed E-state index contributed by atoms with van der Waals surface area (Å²) in [6, 6.07) is 16.0. The molecule has 2 aromatic carbocycles. The number of thiazole rings is 1. The standard InChI is InChI=1S/C22H25N3O4S2.ClH/c26-21(10-17-31(27,28)18-6-2-1-3-7-18)25(12-11-24-13-15-29-16-14-24)22-23-19-8-4-5-9-20(19)30-22;/h1-9H,10-17H2;1H. The van der Waals surface area contributed by atoms with Crippen LogP contribution in [0.3, 0.4) is 0 Å². The normalized spacial score (nSPS) is 14.8. The minimum Gasteiger partial charge on any atom is -0.379 e. The van der Waals surface area contributed by atoms with Crippen LogP contribution in [0.2, 0.25) is 0 Å². The molecule has 10 heteroatoms. The molecule has 1 aliphatic rings. The highest BCUT2D eigenvalue weighted by molar-refractivity contribution is 7.91. The van der Waals surface area contributed by atoms with Crippen molar-refractivity contribution in [3.8, 4) is 0 Å². The number of aromatic nitrogens is 1. The molecule has 0 unspecified atom stereocenters. The number of hydrogen-bond donors (Lipinski definition) is 0. The van der Waals surface area contributed by atoms with E-state index in [1.165, 1.54) is 11.3 Å². The summed E-state index contributed by atoms with van der Waals surface area (Å²) in [5.74, 6) is -0.457. The van der Waals surface area contributed by atoms with Gasteiger partial charge in [0.25, 0.3) is 0 Å². The first-order chi connectivity index (χ1) is 15.0. The molecule has 0 spiro atoms. The average Bonchev–Trinajstić information content (AvgIpc) is 3.23. The van der Waals surface area contributed by atoms with Crippen molar-refractivity contribution in [1.29, 1.82) is 0 Å². The summed E-state index contributed by atoms with van der Waals surface area (Å²) in [5.41, 5.74) is 0.837. The quantitative estimate of drug-likeness (QED) is 0.477. The Kier molecular flexibility index (Phi) is 8.61. The molecule has 0 atom stereocenters. The monoisotopic (exact) mass is 495 g/mol. The number of amides is 1. The van der Waals surface area contributed by atoms with Gasteiger partial charge in [-0.25, -0.2) is 13.4 Å². The molecule has 0 saturated carbocycles. The zero-order valence-electron chi connectivity index (χ0n) is 17.6. The first-order valence-electron chi connectivity index (χ1n) is 10.3. The highest BCUT2D eigenvalue weighted by Gasteiger charge is 2.24. The zero-order chi connectivity index (χ0) is 21.7. The number of ether oxygens (including phenoxy) is 1. The number of benzene rings is 2. The van der Waals surface area contributed by atoms with E-state index in [4.69, 9.17) is 4.74 Å². The Balaban J connectivity index is 0.00000289. The Bertz CT molecular complexity index is 1100. The van der Waals surface area contributed by atoms with Crippen molar-refractivity contribution in [3.63, 3.8) is 0 Å². The Morgan fingerprint density at radius 2 is 1.75 bits per heavy atom. The Morgan fingerprint density at radius 1 is 1.06 bits per heavy atom. The third-order valence-electron chi connectivity index (χ3n) is 5.25. The van der Waals surface area contributed by atoms with Gasteiger partial charge in [-0.15, -0.1) is 12.4 Å². The molecule has 0 aliphatic carbocycles. The molecule has 1 fully saturated rings. The Hall–Kier alpha value is -2.04. The predicted molar refractivity (Wildman–Crippen MR) is 130 cm³/mol. The van der Waals surface area contributed by atoms with Gasteiger partial charge in [-0.1, -0.05) is 41.7 Å². The smallest absolute Gasteiger partial charge is 0.229 e. The molecule has 1 saturated heterocycles. The molecule has 0 radical (unpaired) electrons. The molecule has 172 valence electrons. The highest BCUT2D eigenvalue weighted by Crippen LogP contribution is 2.29. The van der Waals surface area contributed by atoms with Crippen LogP contribution in [0.1, 0.15) is 6.42 Å². The van der Waals surface area contributed by atoms with Crippen molar-refractivity contribution in [2.75, 3.05) is 50.0 Å². The summed E-state index contributed by atoms with van der Waals surface area (Å²) < 4.78 is 31.7. The van der Waals surface area contributed by atoms with E-state index in [1.807, 2.05) is 24.3 Å². The van der Waals surface area contributed by atoms with Crippen LogP contribution in [0.5, 0.6) is 0 Å². The van der Waals surface area contributed by atoms with E-state index < -0.39 is 9.84 Å². The molecule has 4 rings (SSSR count). The first kappa shape index (κ1) is 24.6. The highest BCUT2D eigenvalue weighted by atomic mass is 35.5. The fourth-order valence-electron chi connectivity index (χ4n) is 3.47. The predicted octanol–water partition coefficient (Wildman–Crippen LogP) is 3.25. The molecule has 2 heterocycles. The van der Waals surface area contributed by atoms with Gasteiger partial charge in [-0.05, 0) is 24.3 Å². The lowest BCUT2D eigenvalue weighted by molar-refractivity contribution is -0.118.